The Hall–Kier alpha value is -3.36. The first-order chi connectivity index (χ1) is 11.0. The zero-order valence-corrected chi connectivity index (χ0v) is 12.5. The Bertz CT molecular complexity index is 776. The number of hydrogen-bond donors (Lipinski definition) is 4. The van der Waals surface area contributed by atoms with Gasteiger partial charge in [0.25, 0.3) is 0 Å². The molecule has 9 nitrogen and oxygen atoms in total. The molecule has 0 spiro atoms. The fourth-order valence-corrected chi connectivity index (χ4v) is 1.79. The maximum Gasteiger partial charge on any atom is 0.354 e. The Morgan fingerprint density at radius 1 is 1.26 bits per heavy atom. The van der Waals surface area contributed by atoms with Gasteiger partial charge in [0, 0.05) is 13.2 Å². The number of carbonyl (C=O) groups excluding carboxylic acids is 1. The van der Waals surface area contributed by atoms with Gasteiger partial charge in [-0.1, -0.05) is 12.1 Å². The number of aromatic nitrogens is 2. The fourth-order valence-electron chi connectivity index (χ4n) is 1.79. The number of anilines is 1. The summed E-state index contributed by atoms with van der Waals surface area (Å²) in [6.45, 7) is 0.366. The Morgan fingerprint density at radius 2 is 1.96 bits per heavy atom. The van der Waals surface area contributed by atoms with Crippen molar-refractivity contribution >= 4 is 17.8 Å². The second-order valence-electron chi connectivity index (χ2n) is 4.58. The summed E-state index contributed by atoms with van der Waals surface area (Å²) in [5.74, 6) is 0.198. The summed E-state index contributed by atoms with van der Waals surface area (Å²) in [4.78, 5) is 30.9. The van der Waals surface area contributed by atoms with E-state index in [4.69, 9.17) is 11.5 Å². The van der Waals surface area contributed by atoms with E-state index in [0.717, 1.165) is 5.56 Å². The third kappa shape index (κ3) is 4.30. The number of benzene rings is 1. The molecule has 0 bridgehead atoms. The summed E-state index contributed by atoms with van der Waals surface area (Å²) in [5, 5.41) is 4.81. The summed E-state index contributed by atoms with van der Waals surface area (Å²) < 4.78 is 1.36. The third-order valence-corrected chi connectivity index (χ3v) is 2.93. The van der Waals surface area contributed by atoms with Gasteiger partial charge < -0.3 is 16.8 Å². The number of hydrogen-bond acceptors (Lipinski definition) is 4. The number of nitrogens with two attached hydrogens (primary N) is 2. The average molecular weight is 315 g/mol. The highest BCUT2D eigenvalue weighted by Gasteiger charge is 2.05. The molecule has 0 saturated heterocycles. The summed E-state index contributed by atoms with van der Waals surface area (Å²) in [6.07, 6.45) is 1.53. The van der Waals surface area contributed by atoms with Crippen molar-refractivity contribution in [3.63, 3.8) is 0 Å². The molecule has 0 radical (unpaired) electrons. The van der Waals surface area contributed by atoms with Crippen molar-refractivity contribution in [1.29, 1.82) is 0 Å². The van der Waals surface area contributed by atoms with Crippen molar-refractivity contribution < 1.29 is 4.79 Å². The minimum atomic E-state index is -0.504. The molecule has 0 atom stereocenters. The van der Waals surface area contributed by atoms with E-state index in [1.165, 1.54) is 23.9 Å². The number of carbonyl (C=O) groups is 1. The molecule has 0 fully saturated rings. The van der Waals surface area contributed by atoms with Crippen LogP contribution in [-0.4, -0.2) is 28.6 Å². The lowest BCUT2D eigenvalue weighted by Crippen LogP contribution is -2.28. The van der Waals surface area contributed by atoms with E-state index in [2.05, 4.69) is 20.6 Å². The molecule has 6 N–H and O–H groups in total. The number of nitrogens with one attached hydrogen (secondary N) is 2. The maximum atomic E-state index is 12.0. The average Bonchev–Trinajstić information content (AvgIpc) is 2.53. The van der Waals surface area contributed by atoms with Crippen LogP contribution in [0, 0.1) is 0 Å². The lowest BCUT2D eigenvalue weighted by atomic mass is 10.2. The highest BCUT2D eigenvalue weighted by atomic mass is 16.2. The van der Waals surface area contributed by atoms with Gasteiger partial charge in [-0.3, -0.25) is 9.88 Å². The van der Waals surface area contributed by atoms with Gasteiger partial charge in [-0.05, 0) is 23.8 Å². The van der Waals surface area contributed by atoms with Gasteiger partial charge in [-0.2, -0.15) is 4.98 Å². The van der Waals surface area contributed by atoms with Crippen molar-refractivity contribution in [3.05, 3.63) is 52.6 Å². The van der Waals surface area contributed by atoms with Crippen LogP contribution in [0.4, 0.5) is 10.6 Å². The van der Waals surface area contributed by atoms with Gasteiger partial charge >= 0.3 is 11.7 Å². The number of rotatable bonds is 4. The zero-order valence-electron chi connectivity index (χ0n) is 12.5. The molecular weight excluding hydrogens is 298 g/mol. The standard InChI is InChI=1S/C14H17N7O2/c1-17-13(22)19-11-6-7-21(14(23)20-11)10-4-2-9(3-5-10)8-18-12(15)16/h2-7H,8H2,1H3,(H4,15,16,18)(H2,17,19,20,22,23). The van der Waals surface area contributed by atoms with Crippen LogP contribution in [0.3, 0.4) is 0 Å². The molecule has 0 aliphatic rings. The van der Waals surface area contributed by atoms with Crippen molar-refractivity contribution in [3.8, 4) is 5.69 Å². The molecule has 0 aliphatic carbocycles. The van der Waals surface area contributed by atoms with E-state index in [1.807, 2.05) is 12.1 Å². The first kappa shape index (κ1) is 16.0. The largest absolute Gasteiger partial charge is 0.370 e. The molecule has 1 aromatic carbocycles. The van der Waals surface area contributed by atoms with Crippen molar-refractivity contribution in [2.24, 2.45) is 16.5 Å². The molecule has 1 heterocycles. The predicted octanol–water partition coefficient (Wildman–Crippen LogP) is -0.243. The number of amides is 2. The molecule has 2 amide bonds. The summed E-state index contributed by atoms with van der Waals surface area (Å²) >= 11 is 0. The molecule has 2 aromatic rings. The Balaban J connectivity index is 2.20. The van der Waals surface area contributed by atoms with Crippen LogP contribution in [0.25, 0.3) is 5.69 Å². The van der Waals surface area contributed by atoms with E-state index in [1.54, 1.807) is 12.1 Å². The van der Waals surface area contributed by atoms with Crippen LogP contribution in [0.1, 0.15) is 5.56 Å². The van der Waals surface area contributed by atoms with Crippen LogP contribution in [0.15, 0.2) is 46.3 Å². The molecule has 120 valence electrons. The highest BCUT2D eigenvalue weighted by molar-refractivity contribution is 5.87. The van der Waals surface area contributed by atoms with Crippen LogP contribution in [0.2, 0.25) is 0 Å². The van der Waals surface area contributed by atoms with Crippen molar-refractivity contribution in [2.75, 3.05) is 12.4 Å². The van der Waals surface area contributed by atoms with E-state index >= 15 is 0 Å². The fraction of sp³-hybridized carbons (Fsp3) is 0.143. The normalized spacial score (nSPS) is 9.96. The Kier molecular flexibility index (Phi) is 4.92. The van der Waals surface area contributed by atoms with Gasteiger partial charge in [0.05, 0.1) is 12.2 Å². The quantitative estimate of drug-likeness (QED) is 0.455. The van der Waals surface area contributed by atoms with E-state index in [-0.39, 0.29) is 11.8 Å². The molecule has 2 rings (SSSR count). The lowest BCUT2D eigenvalue weighted by Gasteiger charge is -2.08. The van der Waals surface area contributed by atoms with Gasteiger partial charge in [0.1, 0.15) is 5.82 Å². The highest BCUT2D eigenvalue weighted by Crippen LogP contribution is 2.09. The molecule has 23 heavy (non-hydrogen) atoms. The SMILES string of the molecule is CNC(=O)Nc1ccn(-c2ccc(CN=C(N)N)cc2)c(=O)n1. The number of urea groups is 1. The number of aliphatic imine (C=N–C) groups is 1. The van der Waals surface area contributed by atoms with Crippen molar-refractivity contribution in [2.45, 2.75) is 6.54 Å². The molecule has 9 heteroatoms. The third-order valence-electron chi connectivity index (χ3n) is 2.93. The summed E-state index contributed by atoms with van der Waals surface area (Å²) in [6, 6.07) is 8.22. The van der Waals surface area contributed by atoms with E-state index in [0.29, 0.717) is 12.2 Å². The van der Waals surface area contributed by atoms with E-state index < -0.39 is 11.7 Å². The topological polar surface area (TPSA) is 140 Å². The monoisotopic (exact) mass is 315 g/mol. The molecule has 0 aliphatic heterocycles. The van der Waals surface area contributed by atoms with E-state index in [9.17, 15) is 9.59 Å². The summed E-state index contributed by atoms with van der Waals surface area (Å²) in [7, 11) is 1.47. The van der Waals surface area contributed by atoms with Gasteiger partial charge in [-0.25, -0.2) is 14.6 Å². The predicted molar refractivity (Wildman–Crippen MR) is 87.4 cm³/mol. The van der Waals surface area contributed by atoms with Gasteiger partial charge in [-0.15, -0.1) is 0 Å². The lowest BCUT2D eigenvalue weighted by molar-refractivity contribution is 0.254. The number of nitrogens with zero attached hydrogens (tertiary/aromatic N) is 3. The Morgan fingerprint density at radius 3 is 2.52 bits per heavy atom. The molecule has 1 aromatic heterocycles. The smallest absolute Gasteiger partial charge is 0.354 e. The summed E-state index contributed by atoms with van der Waals surface area (Å²) in [5.41, 5.74) is 11.6. The second kappa shape index (κ2) is 7.07. The van der Waals surface area contributed by atoms with Crippen LogP contribution in [-0.2, 0) is 6.54 Å². The molecule has 0 saturated carbocycles. The van der Waals surface area contributed by atoms with Gasteiger partial charge in [0.15, 0.2) is 5.96 Å². The van der Waals surface area contributed by atoms with Crippen molar-refractivity contribution in [1.82, 2.24) is 14.9 Å². The van der Waals surface area contributed by atoms with Gasteiger partial charge in [0.2, 0.25) is 0 Å². The zero-order chi connectivity index (χ0) is 16.8. The second-order valence-corrected chi connectivity index (χ2v) is 4.58. The van der Waals surface area contributed by atoms with Crippen LogP contribution < -0.4 is 27.8 Å². The van der Waals surface area contributed by atoms with Crippen LogP contribution in [0.5, 0.6) is 0 Å². The first-order valence-electron chi connectivity index (χ1n) is 6.72. The minimum Gasteiger partial charge on any atom is -0.370 e. The minimum absolute atomic E-state index is 0.0219. The first-order valence-corrected chi connectivity index (χ1v) is 6.72. The number of guanidine groups is 1. The molecule has 0 unspecified atom stereocenters. The molecular formula is C14H17N7O2. The maximum absolute atomic E-state index is 12.0. The Labute approximate surface area is 132 Å². The van der Waals surface area contributed by atoms with Crippen LogP contribution >= 0.6 is 0 Å².